The maximum atomic E-state index is 11.4. The molecule has 0 aliphatic heterocycles. The van der Waals surface area contributed by atoms with Crippen LogP contribution in [-0.2, 0) is 11.2 Å². The van der Waals surface area contributed by atoms with Crippen molar-refractivity contribution in [1.29, 1.82) is 0 Å². The second-order valence-electron chi connectivity index (χ2n) is 4.29. The molecule has 0 radical (unpaired) electrons. The molecule has 0 aliphatic carbocycles. The Hall–Kier alpha value is -2.04. The Labute approximate surface area is 112 Å². The van der Waals surface area contributed by atoms with E-state index in [1.165, 1.54) is 0 Å². The minimum absolute atomic E-state index is 0.402. The Morgan fingerprint density at radius 3 is 2.63 bits per heavy atom. The van der Waals surface area contributed by atoms with Crippen LogP contribution in [0.2, 0.25) is 0 Å². The van der Waals surface area contributed by atoms with Gasteiger partial charge in [-0.25, -0.2) is 4.79 Å². The lowest BCUT2D eigenvalue weighted by Crippen LogP contribution is -2.16. The van der Waals surface area contributed by atoms with Gasteiger partial charge in [0, 0.05) is 11.1 Å². The molecule has 1 aromatic carbocycles. The molecule has 0 aromatic heterocycles. The maximum Gasteiger partial charge on any atom is 0.341 e. The van der Waals surface area contributed by atoms with E-state index in [1.807, 2.05) is 0 Å². The number of amides is 1. The number of carboxylic acids is 1. The molecule has 5 nitrogen and oxygen atoms in total. The normalized spacial score (nSPS) is 10.2. The molecule has 19 heavy (non-hydrogen) atoms. The Bertz CT molecular complexity index is 457. The SMILES string of the molecule is CCCCCc1c(OCC(=O)O)cccc1C(N)=O. The van der Waals surface area contributed by atoms with Gasteiger partial charge in [-0.15, -0.1) is 0 Å². The Morgan fingerprint density at radius 1 is 1.32 bits per heavy atom. The van der Waals surface area contributed by atoms with Crippen molar-refractivity contribution < 1.29 is 19.4 Å². The molecule has 0 spiro atoms. The van der Waals surface area contributed by atoms with Crippen LogP contribution in [0.4, 0.5) is 0 Å². The van der Waals surface area contributed by atoms with Crippen LogP contribution in [0, 0.1) is 0 Å². The second kappa shape index (κ2) is 7.41. The molecule has 0 heterocycles. The van der Waals surface area contributed by atoms with Gasteiger partial charge in [-0.3, -0.25) is 4.79 Å². The molecule has 104 valence electrons. The maximum absolute atomic E-state index is 11.4. The van der Waals surface area contributed by atoms with Crippen molar-refractivity contribution in [2.75, 3.05) is 6.61 Å². The summed E-state index contributed by atoms with van der Waals surface area (Å²) in [7, 11) is 0. The summed E-state index contributed by atoms with van der Waals surface area (Å²) in [4.78, 5) is 21.9. The third kappa shape index (κ3) is 4.62. The first-order valence-electron chi connectivity index (χ1n) is 6.32. The van der Waals surface area contributed by atoms with Gasteiger partial charge < -0.3 is 15.6 Å². The molecule has 0 bridgehead atoms. The molecule has 1 aromatic rings. The number of carbonyl (C=O) groups is 2. The lowest BCUT2D eigenvalue weighted by Gasteiger charge is -2.13. The van der Waals surface area contributed by atoms with Crippen LogP contribution in [0.1, 0.15) is 42.1 Å². The summed E-state index contributed by atoms with van der Waals surface area (Å²) in [5, 5.41) is 8.64. The van der Waals surface area contributed by atoms with Gasteiger partial charge in [-0.1, -0.05) is 25.8 Å². The predicted octanol–water partition coefficient (Wildman–Crippen LogP) is 1.98. The molecule has 3 N–H and O–H groups in total. The number of benzene rings is 1. The molecular formula is C14H19NO4. The first-order valence-corrected chi connectivity index (χ1v) is 6.32. The Kier molecular flexibility index (Phi) is 5.85. The Balaban J connectivity index is 2.96. The molecule has 0 saturated carbocycles. The van der Waals surface area contributed by atoms with Crippen LogP contribution >= 0.6 is 0 Å². The van der Waals surface area contributed by atoms with Crippen molar-refractivity contribution in [3.63, 3.8) is 0 Å². The smallest absolute Gasteiger partial charge is 0.341 e. The van der Waals surface area contributed by atoms with Crippen molar-refractivity contribution >= 4 is 11.9 Å². The van der Waals surface area contributed by atoms with Crippen LogP contribution < -0.4 is 10.5 Å². The third-order valence-corrected chi connectivity index (χ3v) is 2.78. The van der Waals surface area contributed by atoms with Crippen LogP contribution in [0.25, 0.3) is 0 Å². The number of rotatable bonds is 8. The molecular weight excluding hydrogens is 246 g/mol. The van der Waals surface area contributed by atoms with Crippen LogP contribution in [-0.4, -0.2) is 23.6 Å². The number of hydrogen-bond acceptors (Lipinski definition) is 3. The molecule has 0 atom stereocenters. The van der Waals surface area contributed by atoms with E-state index in [9.17, 15) is 9.59 Å². The average Bonchev–Trinajstić information content (AvgIpc) is 2.37. The zero-order valence-electron chi connectivity index (χ0n) is 11.0. The van der Waals surface area contributed by atoms with E-state index in [1.54, 1.807) is 18.2 Å². The van der Waals surface area contributed by atoms with Gasteiger partial charge in [0.05, 0.1) is 0 Å². The van der Waals surface area contributed by atoms with Crippen molar-refractivity contribution in [2.24, 2.45) is 5.73 Å². The minimum Gasteiger partial charge on any atom is -0.482 e. The largest absolute Gasteiger partial charge is 0.482 e. The zero-order chi connectivity index (χ0) is 14.3. The summed E-state index contributed by atoms with van der Waals surface area (Å²) >= 11 is 0. The Morgan fingerprint density at radius 2 is 2.05 bits per heavy atom. The van der Waals surface area contributed by atoms with Crippen molar-refractivity contribution in [2.45, 2.75) is 32.6 Å². The van der Waals surface area contributed by atoms with Crippen LogP contribution in [0.5, 0.6) is 5.75 Å². The monoisotopic (exact) mass is 265 g/mol. The van der Waals surface area contributed by atoms with Gasteiger partial charge >= 0.3 is 5.97 Å². The quantitative estimate of drug-likeness (QED) is 0.703. The first kappa shape index (κ1) is 15.0. The highest BCUT2D eigenvalue weighted by Gasteiger charge is 2.14. The summed E-state index contributed by atoms with van der Waals surface area (Å²) in [5.74, 6) is -1.15. The summed E-state index contributed by atoms with van der Waals surface area (Å²) < 4.78 is 5.21. The fraction of sp³-hybridized carbons (Fsp3) is 0.429. The highest BCUT2D eigenvalue weighted by molar-refractivity contribution is 5.95. The number of primary amides is 1. The number of hydrogen-bond donors (Lipinski definition) is 2. The van der Waals surface area contributed by atoms with Gasteiger partial charge in [0.15, 0.2) is 6.61 Å². The van der Waals surface area contributed by atoms with Crippen molar-refractivity contribution in [3.05, 3.63) is 29.3 Å². The van der Waals surface area contributed by atoms with Crippen molar-refractivity contribution in [1.82, 2.24) is 0 Å². The van der Waals surface area contributed by atoms with E-state index in [4.69, 9.17) is 15.6 Å². The van der Waals surface area contributed by atoms with E-state index in [0.717, 1.165) is 19.3 Å². The van der Waals surface area contributed by atoms with Gasteiger partial charge in [0.2, 0.25) is 5.91 Å². The summed E-state index contributed by atoms with van der Waals surface area (Å²) in [6, 6.07) is 4.94. The summed E-state index contributed by atoms with van der Waals surface area (Å²) in [5.41, 5.74) is 6.43. The first-order chi connectivity index (χ1) is 9.06. The van der Waals surface area contributed by atoms with Gasteiger partial charge in [-0.05, 0) is 25.0 Å². The number of aliphatic carboxylic acids is 1. The molecule has 0 unspecified atom stereocenters. The molecule has 1 rings (SSSR count). The fourth-order valence-electron chi connectivity index (χ4n) is 1.88. The van der Waals surface area contributed by atoms with E-state index in [0.29, 0.717) is 23.3 Å². The number of carbonyl (C=O) groups excluding carboxylic acids is 1. The number of ether oxygens (including phenoxy) is 1. The highest BCUT2D eigenvalue weighted by atomic mass is 16.5. The van der Waals surface area contributed by atoms with E-state index >= 15 is 0 Å². The topological polar surface area (TPSA) is 89.6 Å². The molecule has 0 aliphatic rings. The number of unbranched alkanes of at least 4 members (excludes halogenated alkanes) is 2. The summed E-state index contributed by atoms with van der Waals surface area (Å²) in [6.07, 6.45) is 3.65. The van der Waals surface area contributed by atoms with Gasteiger partial charge in [0.1, 0.15) is 5.75 Å². The van der Waals surface area contributed by atoms with E-state index < -0.39 is 18.5 Å². The number of nitrogens with two attached hydrogens (primary N) is 1. The van der Waals surface area contributed by atoms with Crippen LogP contribution in [0.3, 0.4) is 0 Å². The minimum atomic E-state index is -1.05. The number of carboxylic acid groups (broad SMARTS) is 1. The second-order valence-corrected chi connectivity index (χ2v) is 4.29. The summed E-state index contributed by atoms with van der Waals surface area (Å²) in [6.45, 7) is 1.66. The predicted molar refractivity (Wildman–Crippen MR) is 71.3 cm³/mol. The van der Waals surface area contributed by atoms with E-state index in [-0.39, 0.29) is 0 Å². The van der Waals surface area contributed by atoms with E-state index in [2.05, 4.69) is 6.92 Å². The standard InChI is InChI=1S/C14H19NO4/c1-2-3-4-6-10-11(14(15)18)7-5-8-12(10)19-9-13(16)17/h5,7-8H,2-4,6,9H2,1H3,(H2,15,18)(H,16,17). The zero-order valence-corrected chi connectivity index (χ0v) is 11.0. The van der Waals surface area contributed by atoms with Crippen LogP contribution in [0.15, 0.2) is 18.2 Å². The molecule has 0 saturated heterocycles. The molecule has 1 amide bonds. The lowest BCUT2D eigenvalue weighted by molar-refractivity contribution is -0.139. The van der Waals surface area contributed by atoms with Gasteiger partial charge in [-0.2, -0.15) is 0 Å². The fourth-order valence-corrected chi connectivity index (χ4v) is 1.88. The van der Waals surface area contributed by atoms with Gasteiger partial charge in [0.25, 0.3) is 0 Å². The van der Waals surface area contributed by atoms with Crippen molar-refractivity contribution in [3.8, 4) is 5.75 Å². The molecule has 0 fully saturated rings. The third-order valence-electron chi connectivity index (χ3n) is 2.78. The highest BCUT2D eigenvalue weighted by Crippen LogP contribution is 2.24. The molecule has 5 heteroatoms. The average molecular weight is 265 g/mol. The lowest BCUT2D eigenvalue weighted by atomic mass is 10.00.